The minimum absolute atomic E-state index is 0.171. The van der Waals surface area contributed by atoms with Gasteiger partial charge in [-0.1, -0.05) is 17.7 Å². The van der Waals surface area contributed by atoms with E-state index < -0.39 is 10.0 Å². The van der Waals surface area contributed by atoms with Crippen LogP contribution in [0, 0.1) is 6.92 Å². The van der Waals surface area contributed by atoms with E-state index in [1.807, 2.05) is 6.92 Å². The zero-order valence-electron chi connectivity index (χ0n) is 10.6. The highest BCUT2D eigenvalue weighted by Crippen LogP contribution is 2.22. The SMILES string of the molecule is CCn1cc(NS(=O)(=O)c2cc(Cl)ccc2C)cn1. The summed E-state index contributed by atoms with van der Waals surface area (Å²) >= 11 is 5.84. The number of nitrogens with zero attached hydrogens (tertiary/aromatic N) is 2. The van der Waals surface area contributed by atoms with Crippen LogP contribution in [-0.4, -0.2) is 18.2 Å². The van der Waals surface area contributed by atoms with Gasteiger partial charge in [-0.3, -0.25) is 9.40 Å². The molecule has 1 aromatic carbocycles. The number of hydrogen-bond donors (Lipinski definition) is 1. The smallest absolute Gasteiger partial charge is 0.262 e. The number of sulfonamides is 1. The Bertz CT molecular complexity index is 695. The fourth-order valence-electron chi connectivity index (χ4n) is 1.66. The number of nitrogens with one attached hydrogen (secondary N) is 1. The molecule has 1 aromatic heterocycles. The first-order valence-corrected chi connectivity index (χ1v) is 7.60. The van der Waals surface area contributed by atoms with Crippen LogP contribution in [-0.2, 0) is 16.6 Å². The number of aryl methyl sites for hydroxylation is 2. The van der Waals surface area contributed by atoms with Crippen LogP contribution in [0.1, 0.15) is 12.5 Å². The zero-order valence-corrected chi connectivity index (χ0v) is 12.2. The van der Waals surface area contributed by atoms with Crippen molar-refractivity contribution in [2.45, 2.75) is 25.3 Å². The standard InChI is InChI=1S/C12H14ClN3O2S/c1-3-16-8-11(7-14-16)15-19(17,18)12-6-10(13)5-4-9(12)2/h4-8,15H,3H2,1-2H3. The molecule has 0 fully saturated rings. The molecule has 2 aromatic rings. The second-order valence-corrected chi connectivity index (χ2v) is 6.19. The molecule has 0 amide bonds. The van der Waals surface area contributed by atoms with E-state index in [0.717, 1.165) is 0 Å². The van der Waals surface area contributed by atoms with Crippen molar-refractivity contribution < 1.29 is 8.42 Å². The monoisotopic (exact) mass is 299 g/mol. The first-order chi connectivity index (χ1) is 8.92. The van der Waals surface area contributed by atoms with Gasteiger partial charge in [0.15, 0.2) is 0 Å². The molecule has 1 heterocycles. The molecular formula is C12H14ClN3O2S. The number of anilines is 1. The van der Waals surface area contributed by atoms with Crippen LogP contribution in [0.15, 0.2) is 35.5 Å². The lowest BCUT2D eigenvalue weighted by atomic mass is 10.2. The van der Waals surface area contributed by atoms with E-state index in [2.05, 4.69) is 9.82 Å². The Labute approximate surface area is 117 Å². The summed E-state index contributed by atoms with van der Waals surface area (Å²) in [5.74, 6) is 0. The Morgan fingerprint density at radius 1 is 1.42 bits per heavy atom. The molecule has 0 atom stereocenters. The van der Waals surface area contributed by atoms with Crippen molar-refractivity contribution in [2.75, 3.05) is 4.72 Å². The summed E-state index contributed by atoms with van der Waals surface area (Å²) in [6.07, 6.45) is 3.11. The molecule has 0 aliphatic rings. The molecule has 7 heteroatoms. The summed E-state index contributed by atoms with van der Waals surface area (Å²) in [5, 5.41) is 4.40. The largest absolute Gasteiger partial charge is 0.276 e. The lowest BCUT2D eigenvalue weighted by Gasteiger charge is -2.09. The summed E-state index contributed by atoms with van der Waals surface area (Å²) < 4.78 is 28.7. The van der Waals surface area contributed by atoms with Gasteiger partial charge in [0.25, 0.3) is 10.0 Å². The molecule has 1 N–H and O–H groups in total. The lowest BCUT2D eigenvalue weighted by molar-refractivity contribution is 0.600. The van der Waals surface area contributed by atoms with E-state index in [1.165, 1.54) is 12.3 Å². The van der Waals surface area contributed by atoms with Crippen molar-refractivity contribution in [3.05, 3.63) is 41.2 Å². The summed E-state index contributed by atoms with van der Waals surface area (Å²) in [6, 6.07) is 4.76. The molecule has 0 unspecified atom stereocenters. The molecule has 0 saturated heterocycles. The average Bonchev–Trinajstić information content (AvgIpc) is 2.79. The van der Waals surface area contributed by atoms with E-state index >= 15 is 0 Å². The van der Waals surface area contributed by atoms with Crippen molar-refractivity contribution in [2.24, 2.45) is 0 Å². The van der Waals surface area contributed by atoms with Crippen molar-refractivity contribution in [3.8, 4) is 0 Å². The average molecular weight is 300 g/mol. The van der Waals surface area contributed by atoms with E-state index in [0.29, 0.717) is 22.8 Å². The number of aromatic nitrogens is 2. The van der Waals surface area contributed by atoms with Gasteiger partial charge in [-0.2, -0.15) is 5.10 Å². The molecule has 2 rings (SSSR count). The summed E-state index contributed by atoms with van der Waals surface area (Å²) in [5.41, 5.74) is 1.07. The Hall–Kier alpha value is -1.53. The Morgan fingerprint density at radius 2 is 2.16 bits per heavy atom. The van der Waals surface area contributed by atoms with Crippen LogP contribution in [0.5, 0.6) is 0 Å². The number of hydrogen-bond acceptors (Lipinski definition) is 3. The van der Waals surface area contributed by atoms with Gasteiger partial charge in [0, 0.05) is 17.8 Å². The van der Waals surface area contributed by atoms with E-state index in [1.54, 1.807) is 29.9 Å². The highest BCUT2D eigenvalue weighted by Gasteiger charge is 2.18. The molecule has 0 aliphatic heterocycles. The number of benzene rings is 1. The fourth-order valence-corrected chi connectivity index (χ4v) is 3.20. The van der Waals surface area contributed by atoms with Crippen LogP contribution < -0.4 is 4.72 Å². The van der Waals surface area contributed by atoms with Crippen LogP contribution in [0.3, 0.4) is 0 Å². The van der Waals surface area contributed by atoms with Gasteiger partial charge >= 0.3 is 0 Å². The van der Waals surface area contributed by atoms with Gasteiger partial charge in [0.05, 0.1) is 16.8 Å². The Morgan fingerprint density at radius 3 is 2.79 bits per heavy atom. The number of halogens is 1. The predicted molar refractivity (Wildman–Crippen MR) is 74.9 cm³/mol. The maximum absolute atomic E-state index is 12.3. The van der Waals surface area contributed by atoms with Crippen LogP contribution in [0.25, 0.3) is 0 Å². The van der Waals surface area contributed by atoms with Gasteiger partial charge in [0.2, 0.25) is 0 Å². The second-order valence-electron chi connectivity index (χ2n) is 4.10. The van der Waals surface area contributed by atoms with E-state index in [4.69, 9.17) is 11.6 Å². The predicted octanol–water partition coefficient (Wildman–Crippen LogP) is 2.67. The molecule has 0 aliphatic carbocycles. The van der Waals surface area contributed by atoms with Crippen molar-refractivity contribution >= 4 is 27.3 Å². The summed E-state index contributed by atoms with van der Waals surface area (Å²) in [7, 11) is -3.65. The van der Waals surface area contributed by atoms with Crippen molar-refractivity contribution in [3.63, 3.8) is 0 Å². The molecule has 0 bridgehead atoms. The van der Waals surface area contributed by atoms with Gasteiger partial charge in [-0.25, -0.2) is 8.42 Å². The van der Waals surface area contributed by atoms with Crippen LogP contribution >= 0.6 is 11.6 Å². The number of rotatable bonds is 4. The Kier molecular flexibility index (Phi) is 3.82. The quantitative estimate of drug-likeness (QED) is 0.944. The van der Waals surface area contributed by atoms with Gasteiger partial charge in [0.1, 0.15) is 0 Å². The topological polar surface area (TPSA) is 64.0 Å². The molecule has 19 heavy (non-hydrogen) atoms. The molecule has 0 radical (unpaired) electrons. The molecule has 102 valence electrons. The third kappa shape index (κ3) is 3.08. The zero-order chi connectivity index (χ0) is 14.0. The third-order valence-electron chi connectivity index (χ3n) is 2.65. The summed E-state index contributed by atoms with van der Waals surface area (Å²) in [6.45, 7) is 4.32. The first-order valence-electron chi connectivity index (χ1n) is 5.74. The van der Waals surface area contributed by atoms with Crippen molar-refractivity contribution in [1.29, 1.82) is 0 Å². The normalized spacial score (nSPS) is 11.5. The fraction of sp³-hybridized carbons (Fsp3) is 0.250. The molecule has 5 nitrogen and oxygen atoms in total. The minimum atomic E-state index is -3.65. The highest BCUT2D eigenvalue weighted by molar-refractivity contribution is 7.92. The van der Waals surface area contributed by atoms with Gasteiger partial charge in [-0.15, -0.1) is 0 Å². The highest BCUT2D eigenvalue weighted by atomic mass is 35.5. The van der Waals surface area contributed by atoms with Gasteiger partial charge in [-0.05, 0) is 31.5 Å². The molecular weight excluding hydrogens is 286 g/mol. The van der Waals surface area contributed by atoms with E-state index in [-0.39, 0.29) is 4.90 Å². The van der Waals surface area contributed by atoms with Crippen molar-refractivity contribution in [1.82, 2.24) is 9.78 Å². The minimum Gasteiger partial charge on any atom is -0.276 e. The Balaban J connectivity index is 2.34. The summed E-state index contributed by atoms with van der Waals surface area (Å²) in [4.78, 5) is 0.171. The maximum Gasteiger partial charge on any atom is 0.262 e. The van der Waals surface area contributed by atoms with Gasteiger partial charge < -0.3 is 0 Å². The van der Waals surface area contributed by atoms with Crippen LogP contribution in [0.2, 0.25) is 5.02 Å². The molecule has 0 saturated carbocycles. The van der Waals surface area contributed by atoms with Crippen LogP contribution in [0.4, 0.5) is 5.69 Å². The van der Waals surface area contributed by atoms with E-state index in [9.17, 15) is 8.42 Å². The maximum atomic E-state index is 12.3. The molecule has 0 spiro atoms. The first kappa shape index (κ1) is 13.9. The third-order valence-corrected chi connectivity index (χ3v) is 4.41. The second kappa shape index (κ2) is 5.22. The lowest BCUT2D eigenvalue weighted by Crippen LogP contribution is -2.13.